The molecule has 1 saturated heterocycles. The van der Waals surface area contributed by atoms with Crippen LogP contribution in [0.15, 0.2) is 82.4 Å². The molecule has 0 saturated carbocycles. The minimum absolute atomic E-state index is 0.0776. The summed E-state index contributed by atoms with van der Waals surface area (Å²) in [7, 11) is 1.91. The molecule has 2 N–H and O–H groups in total. The summed E-state index contributed by atoms with van der Waals surface area (Å²) in [4.78, 5) is 58.3. The third-order valence-electron chi connectivity index (χ3n) is 8.85. The number of para-hydroxylation sites is 1. The lowest BCUT2D eigenvalue weighted by Gasteiger charge is -2.29. The predicted molar refractivity (Wildman–Crippen MR) is 192 cm³/mol. The Labute approximate surface area is 291 Å². The van der Waals surface area contributed by atoms with Crippen molar-refractivity contribution < 1.29 is 18.4 Å². The van der Waals surface area contributed by atoms with Gasteiger partial charge in [0.1, 0.15) is 16.5 Å². The zero-order chi connectivity index (χ0) is 35.5. The van der Waals surface area contributed by atoms with E-state index in [0.29, 0.717) is 47.9 Å². The zero-order valence-electron chi connectivity index (χ0n) is 28.0. The highest BCUT2D eigenvalue weighted by Gasteiger charge is 2.28. The van der Waals surface area contributed by atoms with Crippen molar-refractivity contribution in [2.45, 2.75) is 45.8 Å². The van der Waals surface area contributed by atoms with Crippen molar-refractivity contribution in [1.29, 1.82) is 0 Å². The fourth-order valence-electron chi connectivity index (χ4n) is 6.50. The largest absolute Gasteiger partial charge is 0.339 e. The van der Waals surface area contributed by atoms with Crippen molar-refractivity contribution in [3.8, 4) is 16.1 Å². The van der Waals surface area contributed by atoms with Gasteiger partial charge in [-0.05, 0) is 74.8 Å². The minimum atomic E-state index is -0.806. The Morgan fingerprint density at radius 1 is 0.960 bits per heavy atom. The normalized spacial score (nSPS) is 13.7. The van der Waals surface area contributed by atoms with Crippen LogP contribution in [0, 0.1) is 11.6 Å². The van der Waals surface area contributed by atoms with E-state index in [9.17, 15) is 19.2 Å². The molecule has 0 radical (unpaired) electrons. The molecule has 0 spiro atoms. The Morgan fingerprint density at radius 3 is 2.30 bits per heavy atom. The second kappa shape index (κ2) is 14.8. The van der Waals surface area contributed by atoms with Crippen LogP contribution >= 0.6 is 11.3 Å². The fraction of sp³-hybridized carbons (Fsp3) is 0.297. The van der Waals surface area contributed by atoms with E-state index in [4.69, 9.17) is 0 Å². The number of likely N-dealkylation sites (N-methyl/N-ethyl adjacent to an activating group) is 1. The van der Waals surface area contributed by atoms with Crippen LogP contribution in [-0.4, -0.2) is 63.6 Å². The van der Waals surface area contributed by atoms with Crippen LogP contribution in [0.2, 0.25) is 0 Å². The second-order valence-electron chi connectivity index (χ2n) is 12.4. The summed E-state index contributed by atoms with van der Waals surface area (Å²) in [5, 5.41) is 5.73. The predicted octanol–water partition coefficient (Wildman–Crippen LogP) is 5.79. The molecule has 3 aromatic carbocycles. The maximum absolute atomic E-state index is 15.1. The van der Waals surface area contributed by atoms with E-state index in [1.807, 2.05) is 42.8 Å². The van der Waals surface area contributed by atoms with E-state index >= 15 is 8.78 Å². The average molecular weight is 701 g/mol. The monoisotopic (exact) mass is 700 g/mol. The number of carbonyl (C=O) groups excluding carboxylic acids is 2. The maximum atomic E-state index is 15.1. The summed E-state index contributed by atoms with van der Waals surface area (Å²) < 4.78 is 32.4. The number of carbonyl (C=O) groups is 2. The topological polar surface area (TPSA) is 109 Å². The number of urea groups is 1. The standard InChI is InChI=1S/C37H38F2N6O4S/c1-4-40-36(48)41-25-17-15-24(16-18-25)33-28(21-42(3)20-23(2)43-19-9-14-31(43)46)32-34(47)45(26-10-6-5-7-11-26)37(49)44(35(32)50-33)22-27-29(38)12-8-13-30(27)39/h5-8,10-13,15-18,23H,4,9,14,19-22H2,1-3H3,(H2,40,41,48). The van der Waals surface area contributed by atoms with E-state index in [-0.39, 0.29) is 40.3 Å². The lowest BCUT2D eigenvalue weighted by molar-refractivity contribution is -0.129. The lowest BCUT2D eigenvalue weighted by Crippen LogP contribution is -2.42. The maximum Gasteiger partial charge on any atom is 0.337 e. The van der Waals surface area contributed by atoms with Crippen LogP contribution in [0.1, 0.15) is 37.8 Å². The first kappa shape index (κ1) is 34.7. The van der Waals surface area contributed by atoms with Gasteiger partial charge in [0.25, 0.3) is 5.56 Å². The molecule has 1 aliphatic rings. The molecule has 2 aromatic heterocycles. The number of benzene rings is 3. The third kappa shape index (κ3) is 6.96. The second-order valence-corrected chi connectivity index (χ2v) is 13.4. The van der Waals surface area contributed by atoms with Gasteiger partial charge in [-0.1, -0.05) is 36.4 Å². The molecule has 1 unspecified atom stereocenters. The molecule has 13 heteroatoms. The van der Waals surface area contributed by atoms with Gasteiger partial charge < -0.3 is 20.4 Å². The lowest BCUT2D eigenvalue weighted by atomic mass is 10.1. The quantitative estimate of drug-likeness (QED) is 0.181. The molecule has 6 rings (SSSR count). The zero-order valence-corrected chi connectivity index (χ0v) is 28.9. The van der Waals surface area contributed by atoms with Gasteiger partial charge >= 0.3 is 11.7 Å². The van der Waals surface area contributed by atoms with Crippen molar-refractivity contribution in [2.75, 3.05) is 32.0 Å². The Hall–Kier alpha value is -5.14. The van der Waals surface area contributed by atoms with Crippen molar-refractivity contribution in [2.24, 2.45) is 0 Å². The van der Waals surface area contributed by atoms with Gasteiger partial charge in [0.2, 0.25) is 5.91 Å². The summed E-state index contributed by atoms with van der Waals surface area (Å²) in [6.45, 7) is 5.32. The Morgan fingerprint density at radius 2 is 1.66 bits per heavy atom. The van der Waals surface area contributed by atoms with Gasteiger partial charge in [-0.2, -0.15) is 0 Å². The molecule has 3 heterocycles. The van der Waals surface area contributed by atoms with Crippen LogP contribution in [0.3, 0.4) is 0 Å². The number of rotatable bonds is 11. The molecule has 1 atom stereocenters. The van der Waals surface area contributed by atoms with E-state index in [1.54, 1.807) is 42.5 Å². The molecule has 50 heavy (non-hydrogen) atoms. The number of amides is 3. The summed E-state index contributed by atoms with van der Waals surface area (Å²) in [6, 6.07) is 18.7. The Balaban J connectivity index is 1.55. The Kier molecular flexibility index (Phi) is 10.3. The molecule has 10 nitrogen and oxygen atoms in total. The molecule has 260 valence electrons. The highest BCUT2D eigenvalue weighted by Crippen LogP contribution is 2.38. The molecule has 5 aromatic rings. The van der Waals surface area contributed by atoms with Gasteiger partial charge in [-0.15, -0.1) is 11.3 Å². The molecular weight excluding hydrogens is 663 g/mol. The van der Waals surface area contributed by atoms with Crippen LogP contribution < -0.4 is 21.9 Å². The first-order valence-corrected chi connectivity index (χ1v) is 17.3. The molecule has 0 aliphatic carbocycles. The third-order valence-corrected chi connectivity index (χ3v) is 10.2. The van der Waals surface area contributed by atoms with E-state index < -0.39 is 29.4 Å². The van der Waals surface area contributed by atoms with Crippen LogP contribution in [0.4, 0.5) is 19.3 Å². The summed E-state index contributed by atoms with van der Waals surface area (Å²) >= 11 is 1.20. The first-order chi connectivity index (χ1) is 24.1. The number of aromatic nitrogens is 2. The number of hydrogen-bond acceptors (Lipinski definition) is 6. The smallest absolute Gasteiger partial charge is 0.337 e. The number of fused-ring (bicyclic) bond motifs is 1. The van der Waals surface area contributed by atoms with Gasteiger partial charge in [0.05, 0.1) is 17.6 Å². The van der Waals surface area contributed by atoms with Crippen molar-refractivity contribution in [3.05, 3.63) is 116 Å². The number of nitrogens with zero attached hydrogens (tertiary/aromatic N) is 4. The van der Waals surface area contributed by atoms with Crippen molar-refractivity contribution in [3.63, 3.8) is 0 Å². The van der Waals surface area contributed by atoms with E-state index in [2.05, 4.69) is 10.6 Å². The van der Waals surface area contributed by atoms with Gasteiger partial charge in [-0.3, -0.25) is 14.2 Å². The molecule has 3 amide bonds. The number of nitrogens with one attached hydrogen (secondary N) is 2. The van der Waals surface area contributed by atoms with Crippen LogP contribution in [0.25, 0.3) is 26.3 Å². The highest BCUT2D eigenvalue weighted by atomic mass is 32.1. The fourth-order valence-corrected chi connectivity index (χ4v) is 7.80. The summed E-state index contributed by atoms with van der Waals surface area (Å²) in [5.74, 6) is -1.50. The number of anilines is 1. The minimum Gasteiger partial charge on any atom is -0.339 e. The SMILES string of the molecule is CCNC(=O)Nc1ccc(-c2sc3c(c2CN(C)CC(C)N2CCCC2=O)c(=O)n(-c2ccccc2)c(=O)n3Cc2c(F)cccc2F)cc1. The van der Waals surface area contributed by atoms with E-state index in [1.165, 1.54) is 22.0 Å². The van der Waals surface area contributed by atoms with E-state index in [0.717, 1.165) is 28.7 Å². The average Bonchev–Trinajstić information content (AvgIpc) is 3.69. The van der Waals surface area contributed by atoms with Gasteiger partial charge in [0.15, 0.2) is 0 Å². The number of likely N-dealkylation sites (tertiary alicyclic amines) is 1. The highest BCUT2D eigenvalue weighted by molar-refractivity contribution is 7.22. The van der Waals surface area contributed by atoms with Gasteiger partial charge in [-0.25, -0.2) is 22.9 Å². The number of hydrogen-bond donors (Lipinski definition) is 2. The van der Waals surface area contributed by atoms with Crippen molar-refractivity contribution in [1.82, 2.24) is 24.3 Å². The molecule has 0 bridgehead atoms. The Bertz CT molecular complexity index is 2140. The van der Waals surface area contributed by atoms with Crippen LogP contribution in [0.5, 0.6) is 0 Å². The molecule has 1 aliphatic heterocycles. The van der Waals surface area contributed by atoms with Crippen molar-refractivity contribution >= 4 is 39.2 Å². The summed E-state index contributed by atoms with van der Waals surface area (Å²) in [6.07, 6.45) is 1.34. The number of halogens is 2. The molecular formula is C37H38F2N6O4S. The van der Waals surface area contributed by atoms with Gasteiger partial charge in [0, 0.05) is 54.8 Å². The molecule has 1 fully saturated rings. The van der Waals surface area contributed by atoms with Crippen LogP contribution in [-0.2, 0) is 17.9 Å². The first-order valence-electron chi connectivity index (χ1n) is 16.5. The number of thiophene rings is 1. The summed E-state index contributed by atoms with van der Waals surface area (Å²) in [5.41, 5.74) is 0.655.